The summed E-state index contributed by atoms with van der Waals surface area (Å²) in [5, 5.41) is 8.67. The quantitative estimate of drug-likeness (QED) is 0.0395. The van der Waals surface area contributed by atoms with Crippen LogP contribution in [-0.4, -0.2) is 118 Å². The average Bonchev–Trinajstić information content (AvgIpc) is 3.38. The standard InChI is InChI=1S/C58H118N4O10Si2/c1-9-17-19-21-23-25-27-29-31-33-35-37-39-41-49-62(50-42-40-38-36-34-32-30-28-26-24-22-20-18-10-2)57(65)46-45-55(63)61-54(58(66)60-48-44-52-74(70-14-6,71-15-7)72-16-8)53-56(64)59-47-43-51-73(67-11-3,68-12-4)69-13-5/h54H,9-53H2,1-8H3,(H,59,64)(H,60,66)(H,61,63). The van der Waals surface area contributed by atoms with Gasteiger partial charge in [-0.25, -0.2) is 0 Å². The Labute approximate surface area is 457 Å². The van der Waals surface area contributed by atoms with Gasteiger partial charge in [0.15, 0.2) is 0 Å². The van der Waals surface area contributed by atoms with E-state index < -0.39 is 35.5 Å². The molecule has 0 heterocycles. The van der Waals surface area contributed by atoms with Crippen molar-refractivity contribution in [2.45, 2.75) is 285 Å². The fourth-order valence-electron chi connectivity index (χ4n) is 9.64. The van der Waals surface area contributed by atoms with Gasteiger partial charge in [-0.3, -0.25) is 19.2 Å². The van der Waals surface area contributed by atoms with Crippen LogP contribution in [0, 0.1) is 0 Å². The molecule has 0 aromatic rings. The lowest BCUT2D eigenvalue weighted by molar-refractivity contribution is -0.135. The van der Waals surface area contributed by atoms with Crippen LogP contribution in [0.1, 0.15) is 267 Å². The van der Waals surface area contributed by atoms with E-state index in [-0.39, 0.29) is 37.6 Å². The van der Waals surface area contributed by atoms with Crippen LogP contribution in [0.4, 0.5) is 0 Å². The van der Waals surface area contributed by atoms with Crippen LogP contribution in [0.2, 0.25) is 12.1 Å². The first-order chi connectivity index (χ1) is 36.0. The van der Waals surface area contributed by atoms with Gasteiger partial charge in [-0.05, 0) is 67.2 Å². The van der Waals surface area contributed by atoms with Crippen molar-refractivity contribution in [3.63, 3.8) is 0 Å². The zero-order valence-electron chi connectivity index (χ0n) is 49.4. The van der Waals surface area contributed by atoms with Crippen LogP contribution in [0.3, 0.4) is 0 Å². The van der Waals surface area contributed by atoms with Crippen LogP contribution >= 0.6 is 0 Å². The van der Waals surface area contributed by atoms with Gasteiger partial charge in [0.1, 0.15) is 6.04 Å². The highest BCUT2D eigenvalue weighted by molar-refractivity contribution is 6.61. The van der Waals surface area contributed by atoms with Crippen molar-refractivity contribution in [1.82, 2.24) is 20.9 Å². The van der Waals surface area contributed by atoms with Gasteiger partial charge in [-0.2, -0.15) is 0 Å². The van der Waals surface area contributed by atoms with Crippen LogP contribution in [0.25, 0.3) is 0 Å². The van der Waals surface area contributed by atoms with E-state index in [4.69, 9.17) is 26.6 Å². The fourth-order valence-corrected chi connectivity index (χ4v) is 14.9. The lowest BCUT2D eigenvalue weighted by Crippen LogP contribution is -2.50. The summed E-state index contributed by atoms with van der Waals surface area (Å²) in [6.45, 7) is 20.7. The van der Waals surface area contributed by atoms with Gasteiger partial charge in [-0.1, -0.05) is 181 Å². The lowest BCUT2D eigenvalue weighted by Gasteiger charge is -2.28. The molecule has 16 heteroatoms. The summed E-state index contributed by atoms with van der Waals surface area (Å²) in [4.78, 5) is 56.6. The van der Waals surface area contributed by atoms with E-state index in [0.717, 1.165) is 25.7 Å². The van der Waals surface area contributed by atoms with E-state index in [9.17, 15) is 19.2 Å². The lowest BCUT2D eigenvalue weighted by atomic mass is 10.0. The first kappa shape index (κ1) is 72.1. The van der Waals surface area contributed by atoms with Crippen LogP contribution in [0.5, 0.6) is 0 Å². The summed E-state index contributed by atoms with van der Waals surface area (Å²) in [6.07, 6.45) is 36.7. The molecule has 0 spiro atoms. The van der Waals surface area contributed by atoms with Crippen molar-refractivity contribution in [3.8, 4) is 0 Å². The molecule has 4 amide bonds. The molecule has 0 saturated heterocycles. The molecular formula is C58H118N4O10Si2. The van der Waals surface area contributed by atoms with Gasteiger partial charge in [0, 0.05) is 90.8 Å². The number of amides is 4. The number of unbranched alkanes of at least 4 members (excludes halogenated alkanes) is 26. The van der Waals surface area contributed by atoms with E-state index in [1.165, 1.54) is 154 Å². The highest BCUT2D eigenvalue weighted by atomic mass is 28.4. The van der Waals surface area contributed by atoms with Gasteiger partial charge in [0.2, 0.25) is 23.6 Å². The fraction of sp³-hybridized carbons (Fsp3) is 0.931. The van der Waals surface area contributed by atoms with Crippen molar-refractivity contribution >= 4 is 41.2 Å². The second-order valence-electron chi connectivity index (χ2n) is 20.2. The van der Waals surface area contributed by atoms with E-state index >= 15 is 0 Å². The average molecular weight is 1090 g/mol. The summed E-state index contributed by atoms with van der Waals surface area (Å²) in [5.41, 5.74) is 0. The second-order valence-corrected chi connectivity index (χ2v) is 25.7. The Morgan fingerprint density at radius 1 is 0.378 bits per heavy atom. The number of rotatable bonds is 57. The molecule has 0 aliphatic rings. The highest BCUT2D eigenvalue weighted by Crippen LogP contribution is 2.20. The summed E-state index contributed by atoms with van der Waals surface area (Å²) in [5.74, 6) is -1.31. The minimum absolute atomic E-state index is 0.0281. The van der Waals surface area contributed by atoms with Crippen LogP contribution in [-0.2, 0) is 45.7 Å². The monoisotopic (exact) mass is 1090 g/mol. The molecule has 0 aliphatic heterocycles. The molecule has 0 bridgehead atoms. The van der Waals surface area contributed by atoms with E-state index in [2.05, 4.69) is 29.8 Å². The Balaban J connectivity index is 5.56. The largest absolute Gasteiger partial charge is 0.500 e. The molecule has 0 aromatic carbocycles. The second kappa shape index (κ2) is 51.8. The van der Waals surface area contributed by atoms with Crippen molar-refractivity contribution in [2.24, 2.45) is 0 Å². The zero-order chi connectivity index (χ0) is 54.6. The SMILES string of the molecule is CCCCCCCCCCCCCCCCN(CCCCCCCCCCCCCCCC)C(=O)CCC(=O)NC(CC(=O)NCCC[Si](OCC)(OCC)OCC)C(=O)NCCC[Si](OCC)(OCC)OCC. The normalized spacial score (nSPS) is 12.3. The highest BCUT2D eigenvalue weighted by Gasteiger charge is 2.41. The first-order valence-electron chi connectivity index (χ1n) is 31.0. The smallest absolute Gasteiger partial charge is 0.374 e. The van der Waals surface area contributed by atoms with Gasteiger partial charge in [0.05, 0.1) is 6.42 Å². The van der Waals surface area contributed by atoms with Gasteiger partial charge in [-0.15, -0.1) is 0 Å². The molecule has 0 rings (SSSR count). The Bertz CT molecular complexity index is 1250. The molecule has 74 heavy (non-hydrogen) atoms. The summed E-state index contributed by atoms with van der Waals surface area (Å²) in [6, 6.07) is -0.0898. The molecule has 0 radical (unpaired) electrons. The molecule has 1 atom stereocenters. The number of hydrogen-bond donors (Lipinski definition) is 3. The number of nitrogens with one attached hydrogen (secondary N) is 3. The third-order valence-corrected chi connectivity index (χ3v) is 20.0. The van der Waals surface area contributed by atoms with E-state index in [1.807, 2.05) is 46.4 Å². The number of nitrogens with zero attached hydrogens (tertiary/aromatic N) is 1. The number of carbonyl (C=O) groups is 4. The third kappa shape index (κ3) is 40.3. The number of hydrogen-bond acceptors (Lipinski definition) is 10. The summed E-state index contributed by atoms with van der Waals surface area (Å²) < 4.78 is 35.9. The van der Waals surface area contributed by atoms with E-state index in [0.29, 0.717) is 84.2 Å². The van der Waals surface area contributed by atoms with Crippen molar-refractivity contribution in [1.29, 1.82) is 0 Å². The molecule has 0 saturated carbocycles. The Morgan fingerprint density at radius 3 is 1.01 bits per heavy atom. The van der Waals surface area contributed by atoms with E-state index in [1.54, 1.807) is 0 Å². The van der Waals surface area contributed by atoms with Gasteiger partial charge >= 0.3 is 17.6 Å². The number of carbonyl (C=O) groups excluding carboxylic acids is 4. The van der Waals surface area contributed by atoms with Crippen LogP contribution in [0.15, 0.2) is 0 Å². The maximum Gasteiger partial charge on any atom is 0.500 e. The van der Waals surface area contributed by atoms with Crippen molar-refractivity contribution < 1.29 is 45.7 Å². The third-order valence-electron chi connectivity index (χ3n) is 13.6. The summed E-state index contributed by atoms with van der Waals surface area (Å²) >= 11 is 0. The molecule has 1 unspecified atom stereocenters. The molecule has 14 nitrogen and oxygen atoms in total. The van der Waals surface area contributed by atoms with Crippen LogP contribution < -0.4 is 16.0 Å². The maximum absolute atomic E-state index is 13.9. The topological polar surface area (TPSA) is 163 Å². The maximum atomic E-state index is 13.9. The first-order valence-corrected chi connectivity index (χ1v) is 34.9. The predicted octanol–water partition coefficient (Wildman–Crippen LogP) is 13.5. The molecule has 0 aliphatic carbocycles. The molecule has 0 aromatic heterocycles. The zero-order valence-corrected chi connectivity index (χ0v) is 51.4. The van der Waals surface area contributed by atoms with Crippen molar-refractivity contribution in [2.75, 3.05) is 65.8 Å². The Morgan fingerprint density at radius 2 is 0.689 bits per heavy atom. The predicted molar refractivity (Wildman–Crippen MR) is 309 cm³/mol. The minimum atomic E-state index is -2.92. The van der Waals surface area contributed by atoms with Gasteiger partial charge < -0.3 is 47.4 Å². The molecule has 438 valence electrons. The Hall–Kier alpha value is -1.93. The summed E-state index contributed by atoms with van der Waals surface area (Å²) in [7, 11) is -5.81. The molecule has 3 N–H and O–H groups in total. The Kier molecular flexibility index (Phi) is 50.5. The van der Waals surface area contributed by atoms with Gasteiger partial charge in [0.25, 0.3) is 0 Å². The minimum Gasteiger partial charge on any atom is -0.374 e. The molecular weight excluding hydrogens is 969 g/mol. The molecule has 0 fully saturated rings. The van der Waals surface area contributed by atoms with Crippen molar-refractivity contribution in [3.05, 3.63) is 0 Å².